The van der Waals surface area contributed by atoms with Crippen LogP contribution < -0.4 is 0 Å². The van der Waals surface area contributed by atoms with Gasteiger partial charge in [0.15, 0.2) is 0 Å². The lowest BCUT2D eigenvalue weighted by Crippen LogP contribution is -2.28. The van der Waals surface area contributed by atoms with Crippen molar-refractivity contribution in [1.29, 1.82) is 0 Å². The zero-order chi connectivity index (χ0) is 7.78. The molecule has 0 radical (unpaired) electrons. The molecule has 48 valence electrons. The molecule has 1 aliphatic heterocycles. The van der Waals surface area contributed by atoms with Gasteiger partial charge in [-0.2, -0.15) is 0 Å². The molecule has 1 heterocycles. The third kappa shape index (κ3) is 1.48. The summed E-state index contributed by atoms with van der Waals surface area (Å²) >= 11 is 0. The highest BCUT2D eigenvalue weighted by Gasteiger charge is 2.18. The molecule has 8 heavy (non-hydrogen) atoms. The number of ether oxygens (including phenoxy) is 1. The van der Waals surface area contributed by atoms with Gasteiger partial charge in [0.25, 0.3) is 0 Å². The van der Waals surface area contributed by atoms with Crippen molar-refractivity contribution in [2.75, 3.05) is 13.2 Å². The lowest BCUT2D eigenvalue weighted by molar-refractivity contribution is -0.0406. The van der Waals surface area contributed by atoms with Crippen molar-refractivity contribution in [2.24, 2.45) is 11.8 Å². The molecule has 1 heteroatoms. The topological polar surface area (TPSA) is 9.23 Å². The number of hydrogen-bond donors (Lipinski definition) is 0. The molecular formula is C7H14O. The Morgan fingerprint density at radius 2 is 2.38 bits per heavy atom. The molecule has 1 rings (SSSR count). The maximum atomic E-state index is 7.62. The smallest absolute Gasteiger partial charge is 0.0516 e. The summed E-state index contributed by atoms with van der Waals surface area (Å²) in [6.45, 7) is 5.03. The van der Waals surface area contributed by atoms with Crippen molar-refractivity contribution >= 4 is 0 Å². The predicted molar refractivity (Wildman–Crippen MR) is 33.8 cm³/mol. The van der Waals surface area contributed by atoms with Crippen LogP contribution in [0.2, 0.25) is 0 Å². The fraction of sp³-hybridized carbons (Fsp3) is 1.00. The third-order valence-corrected chi connectivity index (χ3v) is 1.21. The van der Waals surface area contributed by atoms with Gasteiger partial charge in [-0.15, -0.1) is 0 Å². The van der Waals surface area contributed by atoms with E-state index in [2.05, 4.69) is 0 Å². The number of hydrogen-bond acceptors (Lipinski definition) is 1. The molecule has 0 aliphatic carbocycles. The Labute approximate surface area is 53.8 Å². The summed E-state index contributed by atoms with van der Waals surface area (Å²) in [5, 5.41) is 0. The van der Waals surface area contributed by atoms with E-state index >= 15 is 0 Å². The Kier molecular flexibility index (Phi) is 1.21. The van der Waals surface area contributed by atoms with Crippen molar-refractivity contribution in [3.63, 3.8) is 0 Å². The minimum absolute atomic E-state index is 0.0985. The molecule has 0 aromatic rings. The molecule has 1 aliphatic rings. The van der Waals surface area contributed by atoms with Crippen LogP contribution in [0.3, 0.4) is 0 Å². The SMILES string of the molecule is [2H]C([2H])(C(C)C)C1COC1. The quantitative estimate of drug-likeness (QED) is 0.533. The van der Waals surface area contributed by atoms with E-state index in [-0.39, 0.29) is 11.8 Å². The van der Waals surface area contributed by atoms with E-state index in [9.17, 15) is 0 Å². The first-order valence-electron chi connectivity index (χ1n) is 4.13. The summed E-state index contributed by atoms with van der Waals surface area (Å²) in [5.41, 5.74) is 0. The normalized spacial score (nSPS) is 26.9. The minimum atomic E-state index is -1.03. The molecule has 0 unspecified atom stereocenters. The van der Waals surface area contributed by atoms with Crippen LogP contribution in [0.5, 0.6) is 0 Å². The van der Waals surface area contributed by atoms with Crippen LogP contribution in [-0.4, -0.2) is 13.2 Å². The summed E-state index contributed by atoms with van der Waals surface area (Å²) in [5.74, 6) is 0.230. The van der Waals surface area contributed by atoms with E-state index in [1.54, 1.807) is 0 Å². The Hall–Kier alpha value is -0.0400. The van der Waals surface area contributed by atoms with Gasteiger partial charge in [0.2, 0.25) is 0 Å². The van der Waals surface area contributed by atoms with Gasteiger partial charge in [-0.1, -0.05) is 13.8 Å². The van der Waals surface area contributed by atoms with E-state index in [1.165, 1.54) is 0 Å². The molecule has 1 saturated heterocycles. The summed E-state index contributed by atoms with van der Waals surface area (Å²) in [4.78, 5) is 0. The largest absolute Gasteiger partial charge is 0.381 e. The Bertz CT molecular complexity index is 119. The monoisotopic (exact) mass is 116 g/mol. The minimum Gasteiger partial charge on any atom is -0.381 e. The fourth-order valence-corrected chi connectivity index (χ4v) is 0.803. The maximum Gasteiger partial charge on any atom is 0.0516 e. The zero-order valence-electron chi connectivity index (χ0n) is 7.48. The predicted octanol–water partition coefficient (Wildman–Crippen LogP) is 1.68. The summed E-state index contributed by atoms with van der Waals surface area (Å²) < 4.78 is 20.2. The average molecular weight is 116 g/mol. The standard InChI is InChI=1S/C7H14O/c1-6(2)3-7-4-8-5-7/h6-7H,3-5H2,1-2H3/i3D2. The molecule has 0 amide bonds. The van der Waals surface area contributed by atoms with Gasteiger partial charge in [0, 0.05) is 8.66 Å². The van der Waals surface area contributed by atoms with Crippen molar-refractivity contribution in [3.05, 3.63) is 0 Å². The molecule has 0 saturated carbocycles. The van der Waals surface area contributed by atoms with Crippen LogP contribution in [0.1, 0.15) is 23.0 Å². The molecule has 0 aromatic heterocycles. The van der Waals surface area contributed by atoms with Gasteiger partial charge in [-0.05, 0) is 12.3 Å². The molecule has 1 fully saturated rings. The van der Waals surface area contributed by atoms with Crippen LogP contribution in [0.4, 0.5) is 0 Å². The maximum absolute atomic E-state index is 7.62. The van der Waals surface area contributed by atoms with E-state index in [0.29, 0.717) is 13.2 Å². The summed E-state index contributed by atoms with van der Waals surface area (Å²) in [6.07, 6.45) is -1.03. The van der Waals surface area contributed by atoms with Gasteiger partial charge in [-0.25, -0.2) is 0 Å². The van der Waals surface area contributed by atoms with Gasteiger partial charge >= 0.3 is 0 Å². The highest BCUT2D eigenvalue weighted by atomic mass is 16.5. The van der Waals surface area contributed by atoms with Gasteiger partial charge in [-0.3, -0.25) is 0 Å². The van der Waals surface area contributed by atoms with E-state index in [0.717, 1.165) is 0 Å². The van der Waals surface area contributed by atoms with Crippen LogP contribution in [0.15, 0.2) is 0 Å². The Morgan fingerprint density at radius 3 is 2.50 bits per heavy atom. The van der Waals surface area contributed by atoms with Crippen molar-refractivity contribution in [3.8, 4) is 0 Å². The molecule has 0 bridgehead atoms. The number of rotatable bonds is 2. The van der Waals surface area contributed by atoms with Gasteiger partial charge in [0.05, 0.1) is 13.2 Å². The molecule has 0 spiro atoms. The first kappa shape index (κ1) is 3.89. The summed E-state index contributed by atoms with van der Waals surface area (Å²) in [6, 6.07) is 0. The third-order valence-electron chi connectivity index (χ3n) is 1.21. The highest BCUT2D eigenvalue weighted by Crippen LogP contribution is 2.18. The zero-order valence-corrected chi connectivity index (χ0v) is 5.48. The summed E-state index contributed by atoms with van der Waals surface area (Å²) in [7, 11) is 0. The molecule has 1 nitrogen and oxygen atoms in total. The first-order chi connectivity index (χ1) is 4.55. The molecule has 0 N–H and O–H groups in total. The van der Waals surface area contributed by atoms with Crippen molar-refractivity contribution in [1.82, 2.24) is 0 Å². The first-order valence-corrected chi connectivity index (χ1v) is 3.13. The average Bonchev–Trinajstić information content (AvgIpc) is 1.57. The Morgan fingerprint density at radius 1 is 1.75 bits per heavy atom. The lowest BCUT2D eigenvalue weighted by atomic mass is 9.96. The van der Waals surface area contributed by atoms with E-state index in [4.69, 9.17) is 7.48 Å². The second-order valence-electron chi connectivity index (χ2n) is 2.56. The van der Waals surface area contributed by atoms with Crippen LogP contribution >= 0.6 is 0 Å². The lowest BCUT2D eigenvalue weighted by Gasteiger charge is -2.27. The van der Waals surface area contributed by atoms with Crippen LogP contribution in [0, 0.1) is 11.8 Å². The van der Waals surface area contributed by atoms with Gasteiger partial charge < -0.3 is 4.74 Å². The molecule has 0 atom stereocenters. The van der Waals surface area contributed by atoms with Gasteiger partial charge in [0.1, 0.15) is 0 Å². The van der Waals surface area contributed by atoms with Crippen molar-refractivity contribution in [2.45, 2.75) is 20.2 Å². The van der Waals surface area contributed by atoms with E-state index in [1.807, 2.05) is 13.8 Å². The fourth-order valence-electron chi connectivity index (χ4n) is 0.803. The molecule has 0 aromatic carbocycles. The Balaban J connectivity index is 2.48. The second kappa shape index (κ2) is 2.49. The van der Waals surface area contributed by atoms with Crippen LogP contribution in [-0.2, 0) is 4.74 Å². The second-order valence-corrected chi connectivity index (χ2v) is 2.56. The highest BCUT2D eigenvalue weighted by molar-refractivity contribution is 4.66. The van der Waals surface area contributed by atoms with Crippen molar-refractivity contribution < 1.29 is 7.48 Å². The van der Waals surface area contributed by atoms with Crippen LogP contribution in [0.25, 0.3) is 0 Å². The van der Waals surface area contributed by atoms with E-state index < -0.39 is 6.37 Å². The molecular weight excluding hydrogens is 100 g/mol.